The van der Waals surface area contributed by atoms with Crippen molar-refractivity contribution in [3.05, 3.63) is 77.8 Å². The van der Waals surface area contributed by atoms with Gasteiger partial charge < -0.3 is 14.5 Å². The second kappa shape index (κ2) is 8.32. The van der Waals surface area contributed by atoms with Gasteiger partial charge in [0.2, 0.25) is 5.95 Å². The number of aromatic amines is 1. The lowest BCUT2D eigenvalue weighted by Gasteiger charge is -2.11. The van der Waals surface area contributed by atoms with E-state index in [0.717, 1.165) is 28.2 Å². The predicted molar refractivity (Wildman–Crippen MR) is 112 cm³/mol. The predicted octanol–water partition coefficient (Wildman–Crippen LogP) is 4.88. The van der Waals surface area contributed by atoms with E-state index in [-0.39, 0.29) is 0 Å². The number of nitrogens with one attached hydrogen (secondary N) is 1. The monoisotopic (exact) mass is 404 g/mol. The van der Waals surface area contributed by atoms with Crippen molar-refractivity contribution in [2.24, 2.45) is 0 Å². The first kappa shape index (κ1) is 19.6. The summed E-state index contributed by atoms with van der Waals surface area (Å²) in [5.41, 5.74) is 5.11. The maximum Gasteiger partial charge on any atom is 0.212 e. The Balaban J connectivity index is 1.58. The summed E-state index contributed by atoms with van der Waals surface area (Å²) >= 11 is 0. The number of halogens is 1. The molecule has 0 fully saturated rings. The molecular weight excluding hydrogens is 383 g/mol. The maximum atomic E-state index is 13.1. The molecule has 6 nitrogen and oxygen atoms in total. The van der Waals surface area contributed by atoms with Crippen LogP contribution < -0.4 is 9.47 Å². The first-order chi connectivity index (χ1) is 14.5. The fourth-order valence-corrected chi connectivity index (χ4v) is 3.08. The summed E-state index contributed by atoms with van der Waals surface area (Å²) in [5.74, 6) is 1.42. The van der Waals surface area contributed by atoms with Crippen molar-refractivity contribution in [2.45, 2.75) is 20.5 Å². The van der Waals surface area contributed by atoms with E-state index in [2.05, 4.69) is 19.9 Å². The molecule has 7 heteroatoms. The molecule has 0 saturated carbocycles. The highest BCUT2D eigenvalue weighted by atomic mass is 19.1. The summed E-state index contributed by atoms with van der Waals surface area (Å²) in [6, 6.07) is 12.5. The van der Waals surface area contributed by atoms with Crippen LogP contribution in [-0.2, 0) is 6.61 Å². The van der Waals surface area contributed by atoms with Crippen LogP contribution in [0.15, 0.2) is 54.9 Å². The number of methoxy groups -OCH3 is 1. The third-order valence-corrected chi connectivity index (χ3v) is 4.69. The van der Waals surface area contributed by atoms with Crippen molar-refractivity contribution in [2.75, 3.05) is 7.11 Å². The van der Waals surface area contributed by atoms with Gasteiger partial charge >= 0.3 is 0 Å². The van der Waals surface area contributed by atoms with Gasteiger partial charge in [0, 0.05) is 46.5 Å². The van der Waals surface area contributed by atoms with E-state index in [1.165, 1.54) is 12.3 Å². The number of aryl methyl sites for hydroxylation is 2. The molecule has 4 rings (SSSR count). The molecule has 0 atom stereocenters. The van der Waals surface area contributed by atoms with Crippen LogP contribution in [0, 0.1) is 19.8 Å². The lowest BCUT2D eigenvalue weighted by Crippen LogP contribution is -1.98. The average Bonchev–Trinajstić information content (AvgIpc) is 3.15. The van der Waals surface area contributed by atoms with Crippen molar-refractivity contribution in [1.29, 1.82) is 0 Å². The minimum atomic E-state index is -0.527. The number of rotatable bonds is 6. The minimum Gasteiger partial charge on any atom is -0.496 e. The Morgan fingerprint density at radius 2 is 1.87 bits per heavy atom. The van der Waals surface area contributed by atoms with E-state index < -0.39 is 5.95 Å². The molecule has 0 unspecified atom stereocenters. The first-order valence-corrected chi connectivity index (χ1v) is 9.45. The Labute approximate surface area is 173 Å². The molecule has 30 heavy (non-hydrogen) atoms. The molecule has 0 aliphatic rings. The standard InChI is InChI=1S/C23H21FN4O2/c1-14-4-5-16(11-25-14)13-30-18-7-8-19(20(10-18)29-3)22-15(2)27-23(28-22)17-6-9-21(24)26-12-17/h4-12H,13H2,1-3H3,(H,27,28). The van der Waals surface area contributed by atoms with Crippen LogP contribution in [0.1, 0.15) is 17.0 Å². The number of benzene rings is 1. The molecule has 0 aliphatic heterocycles. The van der Waals surface area contributed by atoms with E-state index >= 15 is 0 Å². The van der Waals surface area contributed by atoms with Gasteiger partial charge in [0.05, 0.1) is 12.8 Å². The van der Waals surface area contributed by atoms with Crippen LogP contribution in [0.4, 0.5) is 4.39 Å². The molecule has 3 aromatic heterocycles. The Morgan fingerprint density at radius 3 is 2.57 bits per heavy atom. The maximum absolute atomic E-state index is 13.1. The highest BCUT2D eigenvalue weighted by Gasteiger charge is 2.16. The SMILES string of the molecule is COc1cc(OCc2ccc(C)nc2)ccc1-c1nc(-c2ccc(F)nc2)[nH]c1C. The van der Waals surface area contributed by atoms with Gasteiger partial charge in [-0.25, -0.2) is 9.97 Å². The van der Waals surface area contributed by atoms with Gasteiger partial charge in [0.25, 0.3) is 0 Å². The van der Waals surface area contributed by atoms with E-state index in [9.17, 15) is 4.39 Å². The van der Waals surface area contributed by atoms with Crippen molar-refractivity contribution >= 4 is 0 Å². The number of nitrogens with zero attached hydrogens (tertiary/aromatic N) is 3. The number of hydrogen-bond acceptors (Lipinski definition) is 5. The summed E-state index contributed by atoms with van der Waals surface area (Å²) in [6.45, 7) is 4.29. The van der Waals surface area contributed by atoms with Gasteiger partial charge in [0.1, 0.15) is 23.9 Å². The van der Waals surface area contributed by atoms with Crippen LogP contribution in [0.3, 0.4) is 0 Å². The third kappa shape index (κ3) is 4.15. The van der Waals surface area contributed by atoms with Crippen molar-refractivity contribution in [1.82, 2.24) is 19.9 Å². The average molecular weight is 404 g/mol. The number of ether oxygens (including phenoxy) is 2. The molecular formula is C23H21FN4O2. The fraction of sp³-hybridized carbons (Fsp3) is 0.174. The smallest absolute Gasteiger partial charge is 0.212 e. The van der Waals surface area contributed by atoms with Gasteiger partial charge in [-0.15, -0.1) is 0 Å². The minimum absolute atomic E-state index is 0.416. The number of hydrogen-bond donors (Lipinski definition) is 1. The summed E-state index contributed by atoms with van der Waals surface area (Å²) in [6.07, 6.45) is 3.26. The second-order valence-corrected chi connectivity index (χ2v) is 6.89. The fourth-order valence-electron chi connectivity index (χ4n) is 3.08. The number of aromatic nitrogens is 4. The van der Waals surface area contributed by atoms with Gasteiger partial charge in [0.15, 0.2) is 0 Å². The molecule has 3 heterocycles. The highest BCUT2D eigenvalue weighted by Crippen LogP contribution is 2.35. The van der Waals surface area contributed by atoms with Crippen molar-refractivity contribution in [3.63, 3.8) is 0 Å². The van der Waals surface area contributed by atoms with E-state index in [1.807, 2.05) is 44.2 Å². The second-order valence-electron chi connectivity index (χ2n) is 6.89. The van der Waals surface area contributed by atoms with Crippen LogP contribution >= 0.6 is 0 Å². The van der Waals surface area contributed by atoms with Crippen LogP contribution in [0.5, 0.6) is 11.5 Å². The zero-order valence-electron chi connectivity index (χ0n) is 16.9. The number of imidazole rings is 1. The summed E-state index contributed by atoms with van der Waals surface area (Å²) in [7, 11) is 1.61. The molecule has 4 aromatic rings. The van der Waals surface area contributed by atoms with E-state index in [1.54, 1.807) is 19.4 Å². The molecule has 1 N–H and O–H groups in total. The molecule has 0 aliphatic carbocycles. The molecule has 0 saturated heterocycles. The third-order valence-electron chi connectivity index (χ3n) is 4.69. The lowest BCUT2D eigenvalue weighted by molar-refractivity contribution is 0.303. The molecule has 0 bridgehead atoms. The normalized spacial score (nSPS) is 10.8. The number of pyridine rings is 2. The van der Waals surface area contributed by atoms with Crippen molar-refractivity contribution < 1.29 is 13.9 Å². The van der Waals surface area contributed by atoms with E-state index in [4.69, 9.17) is 9.47 Å². The Bertz CT molecular complexity index is 1160. The lowest BCUT2D eigenvalue weighted by atomic mass is 10.1. The van der Waals surface area contributed by atoms with Crippen molar-refractivity contribution in [3.8, 4) is 34.1 Å². The van der Waals surface area contributed by atoms with Crippen LogP contribution in [0.2, 0.25) is 0 Å². The number of H-pyrrole nitrogens is 1. The molecule has 0 spiro atoms. The molecule has 152 valence electrons. The Morgan fingerprint density at radius 1 is 1.00 bits per heavy atom. The molecule has 0 radical (unpaired) electrons. The Kier molecular flexibility index (Phi) is 5.43. The van der Waals surface area contributed by atoms with E-state index in [0.29, 0.717) is 29.5 Å². The Hall–Kier alpha value is -3.74. The summed E-state index contributed by atoms with van der Waals surface area (Å²) < 4.78 is 24.6. The van der Waals surface area contributed by atoms with Gasteiger partial charge in [-0.2, -0.15) is 4.39 Å². The zero-order chi connectivity index (χ0) is 21.1. The van der Waals surface area contributed by atoms with Gasteiger partial charge in [-0.1, -0.05) is 6.07 Å². The highest BCUT2D eigenvalue weighted by molar-refractivity contribution is 5.73. The van der Waals surface area contributed by atoms with Gasteiger partial charge in [-0.05, 0) is 44.2 Å². The van der Waals surface area contributed by atoms with Crippen LogP contribution in [-0.4, -0.2) is 27.0 Å². The van der Waals surface area contributed by atoms with Gasteiger partial charge in [-0.3, -0.25) is 4.98 Å². The summed E-state index contributed by atoms with van der Waals surface area (Å²) in [5, 5.41) is 0. The largest absolute Gasteiger partial charge is 0.496 e. The zero-order valence-corrected chi connectivity index (χ0v) is 16.9. The molecule has 0 amide bonds. The molecule has 1 aromatic carbocycles. The van der Waals surface area contributed by atoms with Crippen LogP contribution in [0.25, 0.3) is 22.6 Å². The first-order valence-electron chi connectivity index (χ1n) is 9.45. The quantitative estimate of drug-likeness (QED) is 0.464. The summed E-state index contributed by atoms with van der Waals surface area (Å²) in [4.78, 5) is 15.9. The topological polar surface area (TPSA) is 72.9 Å².